The maximum absolute atomic E-state index is 10.8. The van der Waals surface area contributed by atoms with E-state index in [1.165, 1.54) is 0 Å². The van der Waals surface area contributed by atoms with Gasteiger partial charge in [0.2, 0.25) is 0 Å². The molecule has 0 spiro atoms. The van der Waals surface area contributed by atoms with E-state index < -0.39 is 0 Å². The lowest BCUT2D eigenvalue weighted by Crippen LogP contribution is -2.28. The Hall–Kier alpha value is -1.07. The van der Waals surface area contributed by atoms with Crippen LogP contribution in [0.1, 0.15) is 23.2 Å². The molecule has 1 saturated heterocycles. The monoisotopic (exact) mass is 314 g/mol. The Morgan fingerprint density at radius 1 is 1.50 bits per heavy atom. The number of aldehydes is 1. The zero-order chi connectivity index (χ0) is 13.0. The highest BCUT2D eigenvalue weighted by Gasteiger charge is 2.19. The van der Waals surface area contributed by atoms with Crippen LogP contribution < -0.4 is 9.47 Å². The lowest BCUT2D eigenvalue weighted by Gasteiger charge is -2.24. The Kier molecular flexibility index (Phi) is 4.60. The van der Waals surface area contributed by atoms with Crippen LogP contribution in [0.3, 0.4) is 0 Å². The van der Waals surface area contributed by atoms with Crippen molar-refractivity contribution in [1.29, 1.82) is 0 Å². The van der Waals surface area contributed by atoms with Gasteiger partial charge in [-0.25, -0.2) is 0 Å². The lowest BCUT2D eigenvalue weighted by atomic mass is 10.1. The molecule has 0 radical (unpaired) electrons. The van der Waals surface area contributed by atoms with Crippen molar-refractivity contribution < 1.29 is 19.0 Å². The van der Waals surface area contributed by atoms with Crippen molar-refractivity contribution in [3.05, 3.63) is 22.2 Å². The van der Waals surface area contributed by atoms with Crippen LogP contribution in [-0.4, -0.2) is 32.7 Å². The van der Waals surface area contributed by atoms with Gasteiger partial charge in [0.15, 0.2) is 11.5 Å². The Morgan fingerprint density at radius 3 is 2.94 bits per heavy atom. The van der Waals surface area contributed by atoms with Gasteiger partial charge in [0.05, 0.1) is 18.2 Å². The minimum atomic E-state index is 0.0334. The number of halogens is 1. The second-order valence-corrected chi connectivity index (χ2v) is 4.96. The third-order valence-electron chi connectivity index (χ3n) is 2.79. The molecule has 5 heteroatoms. The molecule has 4 nitrogen and oxygen atoms in total. The average molecular weight is 315 g/mol. The van der Waals surface area contributed by atoms with Crippen molar-refractivity contribution in [2.45, 2.75) is 18.9 Å². The summed E-state index contributed by atoms with van der Waals surface area (Å²) in [6.45, 7) is 1.38. The van der Waals surface area contributed by atoms with E-state index in [0.29, 0.717) is 23.7 Å². The van der Waals surface area contributed by atoms with Crippen LogP contribution in [0.25, 0.3) is 0 Å². The van der Waals surface area contributed by atoms with Crippen LogP contribution in [0.5, 0.6) is 11.5 Å². The van der Waals surface area contributed by atoms with E-state index in [1.54, 1.807) is 19.2 Å². The average Bonchev–Trinajstić information content (AvgIpc) is 2.42. The van der Waals surface area contributed by atoms with Gasteiger partial charge in [-0.1, -0.05) is 0 Å². The van der Waals surface area contributed by atoms with Crippen LogP contribution >= 0.6 is 15.9 Å². The molecule has 1 unspecified atom stereocenters. The minimum absolute atomic E-state index is 0.0334. The van der Waals surface area contributed by atoms with Gasteiger partial charge in [-0.2, -0.15) is 0 Å². The summed E-state index contributed by atoms with van der Waals surface area (Å²) in [5.41, 5.74) is 0.547. The molecule has 1 aromatic carbocycles. The number of benzene rings is 1. The van der Waals surface area contributed by atoms with E-state index in [1.807, 2.05) is 0 Å². The molecular formula is C13H15BrO4. The van der Waals surface area contributed by atoms with Gasteiger partial charge in [0.1, 0.15) is 12.4 Å². The summed E-state index contributed by atoms with van der Waals surface area (Å²) in [6, 6.07) is 3.38. The fourth-order valence-corrected chi connectivity index (χ4v) is 2.45. The second-order valence-electron chi connectivity index (χ2n) is 4.11. The first-order valence-electron chi connectivity index (χ1n) is 5.81. The third-order valence-corrected chi connectivity index (χ3v) is 3.38. The first-order valence-corrected chi connectivity index (χ1v) is 6.61. The molecule has 0 bridgehead atoms. The van der Waals surface area contributed by atoms with Gasteiger partial charge in [-0.05, 0) is 40.9 Å². The summed E-state index contributed by atoms with van der Waals surface area (Å²) in [5.74, 6) is 1.18. The predicted molar refractivity (Wildman–Crippen MR) is 70.6 cm³/mol. The molecule has 1 aliphatic rings. The maximum Gasteiger partial charge on any atom is 0.175 e. The number of rotatable bonds is 4. The zero-order valence-electron chi connectivity index (χ0n) is 10.1. The summed E-state index contributed by atoms with van der Waals surface area (Å²) in [4.78, 5) is 10.8. The fourth-order valence-electron chi connectivity index (χ4n) is 1.89. The van der Waals surface area contributed by atoms with E-state index in [4.69, 9.17) is 14.2 Å². The Bertz CT molecular complexity index is 427. The van der Waals surface area contributed by atoms with Crippen LogP contribution in [0, 0.1) is 0 Å². The van der Waals surface area contributed by atoms with Crippen LogP contribution in [-0.2, 0) is 4.74 Å². The predicted octanol–water partition coefficient (Wildman–Crippen LogP) is 2.83. The van der Waals surface area contributed by atoms with Crippen molar-refractivity contribution in [3.8, 4) is 11.5 Å². The molecule has 1 fully saturated rings. The van der Waals surface area contributed by atoms with Crippen molar-refractivity contribution in [2.24, 2.45) is 0 Å². The first-order chi connectivity index (χ1) is 8.74. The molecule has 0 N–H and O–H groups in total. The highest BCUT2D eigenvalue weighted by molar-refractivity contribution is 9.10. The highest BCUT2D eigenvalue weighted by Crippen LogP contribution is 2.37. The SMILES string of the molecule is COc1cc(C=O)cc(Br)c1OC1CCCOC1. The molecule has 0 aromatic heterocycles. The number of methoxy groups -OCH3 is 1. The number of carbonyl (C=O) groups excluding carboxylic acids is 1. The number of carbonyl (C=O) groups is 1. The van der Waals surface area contributed by atoms with Crippen molar-refractivity contribution in [3.63, 3.8) is 0 Å². The highest BCUT2D eigenvalue weighted by atomic mass is 79.9. The van der Waals surface area contributed by atoms with E-state index >= 15 is 0 Å². The topological polar surface area (TPSA) is 44.8 Å². The molecule has 0 amide bonds. The van der Waals surface area contributed by atoms with Crippen molar-refractivity contribution >= 4 is 22.2 Å². The summed E-state index contributed by atoms with van der Waals surface area (Å²) in [7, 11) is 1.56. The first kappa shape index (κ1) is 13.4. The standard InChI is InChI=1S/C13H15BrO4/c1-16-12-6-9(7-15)5-11(14)13(12)18-10-3-2-4-17-8-10/h5-7,10H,2-4,8H2,1H3. The zero-order valence-corrected chi connectivity index (χ0v) is 11.7. The molecule has 1 aromatic rings. The Morgan fingerprint density at radius 2 is 2.33 bits per heavy atom. The molecule has 0 saturated carbocycles. The van der Waals surface area contributed by atoms with Gasteiger partial charge in [0, 0.05) is 12.2 Å². The Balaban J connectivity index is 2.22. The van der Waals surface area contributed by atoms with Crippen LogP contribution in [0.2, 0.25) is 0 Å². The fraction of sp³-hybridized carbons (Fsp3) is 0.462. The molecule has 18 heavy (non-hydrogen) atoms. The van der Waals surface area contributed by atoms with E-state index in [9.17, 15) is 4.79 Å². The molecule has 1 heterocycles. The molecule has 0 aliphatic carbocycles. The van der Waals surface area contributed by atoms with Gasteiger partial charge in [-0.3, -0.25) is 4.79 Å². The van der Waals surface area contributed by atoms with E-state index in [-0.39, 0.29) is 6.10 Å². The Labute approximate surface area is 114 Å². The quantitative estimate of drug-likeness (QED) is 0.802. The molecular weight excluding hydrogens is 300 g/mol. The van der Waals surface area contributed by atoms with Gasteiger partial charge in [0.25, 0.3) is 0 Å². The van der Waals surface area contributed by atoms with Crippen LogP contribution in [0.15, 0.2) is 16.6 Å². The molecule has 1 aliphatic heterocycles. The van der Waals surface area contributed by atoms with Gasteiger partial charge < -0.3 is 14.2 Å². The smallest absolute Gasteiger partial charge is 0.175 e. The normalized spacial score (nSPS) is 19.3. The summed E-state index contributed by atoms with van der Waals surface area (Å²) in [6.07, 6.45) is 2.77. The third kappa shape index (κ3) is 3.03. The summed E-state index contributed by atoms with van der Waals surface area (Å²) >= 11 is 3.40. The molecule has 98 valence electrons. The number of ether oxygens (including phenoxy) is 3. The number of hydrogen-bond donors (Lipinski definition) is 0. The molecule has 2 rings (SSSR count). The van der Waals surface area contributed by atoms with E-state index in [2.05, 4.69) is 15.9 Å². The molecule has 1 atom stereocenters. The van der Waals surface area contributed by atoms with Gasteiger partial charge in [-0.15, -0.1) is 0 Å². The van der Waals surface area contributed by atoms with Gasteiger partial charge >= 0.3 is 0 Å². The van der Waals surface area contributed by atoms with Crippen molar-refractivity contribution in [2.75, 3.05) is 20.3 Å². The lowest BCUT2D eigenvalue weighted by molar-refractivity contribution is 0.00610. The number of hydrogen-bond acceptors (Lipinski definition) is 4. The largest absolute Gasteiger partial charge is 0.493 e. The minimum Gasteiger partial charge on any atom is -0.493 e. The van der Waals surface area contributed by atoms with Crippen LogP contribution in [0.4, 0.5) is 0 Å². The van der Waals surface area contributed by atoms with Crippen molar-refractivity contribution in [1.82, 2.24) is 0 Å². The summed E-state index contributed by atoms with van der Waals surface area (Å²) < 4.78 is 17.2. The second kappa shape index (κ2) is 6.20. The maximum atomic E-state index is 10.8. The summed E-state index contributed by atoms with van der Waals surface area (Å²) in [5, 5.41) is 0. The van der Waals surface area contributed by atoms with E-state index in [0.717, 1.165) is 30.2 Å².